The van der Waals surface area contributed by atoms with Crippen LogP contribution in [-0.2, 0) is 4.74 Å². The average molecular weight is 343 g/mol. The Morgan fingerprint density at radius 3 is 2.23 bits per heavy atom. The zero-order valence-electron chi connectivity index (χ0n) is 14.5. The number of pyridine rings is 1. The van der Waals surface area contributed by atoms with Gasteiger partial charge >= 0.3 is 5.97 Å². The Bertz CT molecular complexity index is 1000. The smallest absolute Gasteiger partial charge is 0.337 e. The standard InChI is InChI=1S/C21H17N3O2/c1-13-18(14-6-4-3-5-7-14)19(17(12-22)20(23)24-13)15-8-10-16(11-9-15)21(25)26-2/h3-11H,1-2H3,(H2,23,24). The van der Waals surface area contributed by atoms with Crippen LogP contribution in [0.15, 0.2) is 54.6 Å². The maximum atomic E-state index is 11.7. The van der Waals surface area contributed by atoms with Crippen LogP contribution < -0.4 is 5.73 Å². The zero-order valence-corrected chi connectivity index (χ0v) is 14.5. The topological polar surface area (TPSA) is 89.0 Å². The van der Waals surface area contributed by atoms with E-state index in [0.29, 0.717) is 16.7 Å². The molecule has 0 fully saturated rings. The van der Waals surface area contributed by atoms with E-state index < -0.39 is 5.97 Å². The molecule has 0 atom stereocenters. The third-order valence-electron chi connectivity index (χ3n) is 4.18. The van der Waals surface area contributed by atoms with Gasteiger partial charge in [-0.25, -0.2) is 9.78 Å². The highest BCUT2D eigenvalue weighted by molar-refractivity contribution is 5.93. The summed E-state index contributed by atoms with van der Waals surface area (Å²) in [4.78, 5) is 16.0. The quantitative estimate of drug-likeness (QED) is 0.727. The fraction of sp³-hybridized carbons (Fsp3) is 0.0952. The van der Waals surface area contributed by atoms with E-state index in [4.69, 9.17) is 10.5 Å². The van der Waals surface area contributed by atoms with Gasteiger partial charge in [-0.05, 0) is 30.2 Å². The van der Waals surface area contributed by atoms with E-state index in [1.165, 1.54) is 7.11 Å². The Balaban J connectivity index is 2.29. The molecular weight excluding hydrogens is 326 g/mol. The van der Waals surface area contributed by atoms with Gasteiger partial charge in [0.1, 0.15) is 17.5 Å². The number of nitrogens with two attached hydrogens (primary N) is 1. The molecule has 1 heterocycles. The predicted molar refractivity (Wildman–Crippen MR) is 100 cm³/mol. The minimum atomic E-state index is -0.411. The number of carbonyl (C=O) groups is 1. The van der Waals surface area contributed by atoms with Gasteiger partial charge in [0, 0.05) is 16.8 Å². The van der Waals surface area contributed by atoms with Crippen molar-refractivity contribution in [3.8, 4) is 28.3 Å². The molecule has 2 N–H and O–H groups in total. The highest BCUT2D eigenvalue weighted by Crippen LogP contribution is 2.38. The van der Waals surface area contributed by atoms with Crippen LogP contribution in [0.5, 0.6) is 0 Å². The first-order valence-electron chi connectivity index (χ1n) is 8.01. The summed E-state index contributed by atoms with van der Waals surface area (Å²) in [5.74, 6) is -0.220. The van der Waals surface area contributed by atoms with Crippen LogP contribution in [0.1, 0.15) is 21.6 Å². The van der Waals surface area contributed by atoms with Gasteiger partial charge in [0.05, 0.1) is 12.7 Å². The number of benzene rings is 2. The minimum absolute atomic E-state index is 0.191. The fourth-order valence-corrected chi connectivity index (χ4v) is 2.98. The van der Waals surface area contributed by atoms with E-state index in [-0.39, 0.29) is 5.82 Å². The van der Waals surface area contributed by atoms with Crippen LogP contribution >= 0.6 is 0 Å². The summed E-state index contributed by atoms with van der Waals surface area (Å²) in [7, 11) is 1.34. The van der Waals surface area contributed by atoms with Crippen molar-refractivity contribution in [3.63, 3.8) is 0 Å². The van der Waals surface area contributed by atoms with Crippen LogP contribution in [0.2, 0.25) is 0 Å². The molecule has 5 nitrogen and oxygen atoms in total. The van der Waals surface area contributed by atoms with Crippen LogP contribution in [-0.4, -0.2) is 18.1 Å². The number of nitrogens with zero attached hydrogens (tertiary/aromatic N) is 2. The van der Waals surface area contributed by atoms with E-state index in [1.54, 1.807) is 24.3 Å². The van der Waals surface area contributed by atoms with Crippen molar-refractivity contribution >= 4 is 11.8 Å². The first-order chi connectivity index (χ1) is 12.6. The SMILES string of the molecule is COC(=O)c1ccc(-c2c(C#N)c(N)nc(C)c2-c2ccccc2)cc1. The van der Waals surface area contributed by atoms with E-state index in [1.807, 2.05) is 37.3 Å². The summed E-state index contributed by atoms with van der Waals surface area (Å²) in [6, 6.07) is 18.8. The van der Waals surface area contributed by atoms with Crippen molar-refractivity contribution in [1.29, 1.82) is 5.26 Å². The number of methoxy groups -OCH3 is 1. The van der Waals surface area contributed by atoms with Crippen molar-refractivity contribution in [2.24, 2.45) is 0 Å². The molecule has 0 aliphatic carbocycles. The molecule has 3 rings (SSSR count). The lowest BCUT2D eigenvalue weighted by Crippen LogP contribution is -2.04. The molecule has 5 heteroatoms. The van der Waals surface area contributed by atoms with Gasteiger partial charge in [-0.1, -0.05) is 42.5 Å². The Morgan fingerprint density at radius 2 is 1.65 bits per heavy atom. The molecule has 0 radical (unpaired) electrons. The summed E-state index contributed by atoms with van der Waals surface area (Å²) in [5.41, 5.74) is 10.8. The maximum absolute atomic E-state index is 11.7. The molecule has 26 heavy (non-hydrogen) atoms. The van der Waals surface area contributed by atoms with Crippen molar-refractivity contribution in [2.45, 2.75) is 6.92 Å². The molecule has 1 aromatic heterocycles. The van der Waals surface area contributed by atoms with Crippen LogP contribution in [0.25, 0.3) is 22.3 Å². The largest absolute Gasteiger partial charge is 0.465 e. The number of carbonyl (C=O) groups excluding carboxylic acids is 1. The second kappa shape index (κ2) is 7.08. The molecule has 0 unspecified atom stereocenters. The van der Waals surface area contributed by atoms with E-state index in [0.717, 1.165) is 22.4 Å². The van der Waals surface area contributed by atoms with E-state index in [2.05, 4.69) is 11.1 Å². The monoisotopic (exact) mass is 343 g/mol. The first-order valence-corrected chi connectivity index (χ1v) is 8.01. The van der Waals surface area contributed by atoms with Crippen molar-refractivity contribution in [3.05, 3.63) is 71.4 Å². The Kier molecular flexibility index (Phi) is 4.68. The number of hydrogen-bond donors (Lipinski definition) is 1. The number of anilines is 1. The van der Waals surface area contributed by atoms with Crippen molar-refractivity contribution in [1.82, 2.24) is 4.98 Å². The number of nitrogen functional groups attached to an aromatic ring is 1. The molecule has 0 amide bonds. The van der Waals surface area contributed by atoms with Crippen LogP contribution in [0, 0.1) is 18.3 Å². The number of aryl methyl sites for hydroxylation is 1. The van der Waals surface area contributed by atoms with Gasteiger partial charge in [0.2, 0.25) is 0 Å². The van der Waals surface area contributed by atoms with Crippen molar-refractivity contribution in [2.75, 3.05) is 12.8 Å². The normalized spacial score (nSPS) is 10.2. The molecule has 3 aromatic rings. The highest BCUT2D eigenvalue weighted by atomic mass is 16.5. The molecule has 0 saturated carbocycles. The summed E-state index contributed by atoms with van der Waals surface area (Å²) < 4.78 is 4.74. The van der Waals surface area contributed by atoms with Gasteiger partial charge in [0.25, 0.3) is 0 Å². The Hall–Kier alpha value is -3.65. The number of rotatable bonds is 3. The van der Waals surface area contributed by atoms with Crippen LogP contribution in [0.4, 0.5) is 5.82 Å². The maximum Gasteiger partial charge on any atom is 0.337 e. The van der Waals surface area contributed by atoms with Crippen LogP contribution in [0.3, 0.4) is 0 Å². The average Bonchev–Trinajstić information content (AvgIpc) is 2.67. The second-order valence-electron chi connectivity index (χ2n) is 5.75. The molecular formula is C21H17N3O2. The summed E-state index contributed by atoms with van der Waals surface area (Å²) in [6.07, 6.45) is 0. The number of ether oxygens (including phenoxy) is 1. The first kappa shape index (κ1) is 17.2. The lowest BCUT2D eigenvalue weighted by Gasteiger charge is -2.16. The number of nitriles is 1. The fourth-order valence-electron chi connectivity index (χ4n) is 2.98. The molecule has 0 aliphatic rings. The Labute approximate surface area is 151 Å². The van der Waals surface area contributed by atoms with Gasteiger partial charge in [0.15, 0.2) is 0 Å². The molecule has 0 aliphatic heterocycles. The molecule has 0 spiro atoms. The van der Waals surface area contributed by atoms with E-state index in [9.17, 15) is 10.1 Å². The molecule has 2 aromatic carbocycles. The third kappa shape index (κ3) is 3.01. The minimum Gasteiger partial charge on any atom is -0.465 e. The number of aromatic nitrogens is 1. The molecule has 128 valence electrons. The lowest BCUT2D eigenvalue weighted by molar-refractivity contribution is 0.0601. The zero-order chi connectivity index (χ0) is 18.7. The molecule has 0 saturated heterocycles. The lowest BCUT2D eigenvalue weighted by atomic mass is 9.90. The summed E-state index contributed by atoms with van der Waals surface area (Å²) in [6.45, 7) is 1.87. The van der Waals surface area contributed by atoms with Crippen molar-refractivity contribution < 1.29 is 9.53 Å². The predicted octanol–water partition coefficient (Wildman–Crippen LogP) is 3.96. The van der Waals surface area contributed by atoms with Gasteiger partial charge in [-0.3, -0.25) is 0 Å². The van der Waals surface area contributed by atoms with Gasteiger partial charge in [-0.2, -0.15) is 5.26 Å². The van der Waals surface area contributed by atoms with Gasteiger partial charge < -0.3 is 10.5 Å². The number of esters is 1. The van der Waals surface area contributed by atoms with Gasteiger partial charge in [-0.15, -0.1) is 0 Å². The second-order valence-corrected chi connectivity index (χ2v) is 5.75. The Morgan fingerprint density at radius 1 is 1.04 bits per heavy atom. The molecule has 0 bridgehead atoms. The third-order valence-corrected chi connectivity index (χ3v) is 4.18. The number of hydrogen-bond acceptors (Lipinski definition) is 5. The van der Waals surface area contributed by atoms with E-state index >= 15 is 0 Å². The summed E-state index contributed by atoms with van der Waals surface area (Å²) >= 11 is 0. The summed E-state index contributed by atoms with van der Waals surface area (Å²) in [5, 5.41) is 9.66. The highest BCUT2D eigenvalue weighted by Gasteiger charge is 2.19.